The number of methoxy groups -OCH3 is 4. The summed E-state index contributed by atoms with van der Waals surface area (Å²) in [6.45, 7) is 3.24. The summed E-state index contributed by atoms with van der Waals surface area (Å²) >= 11 is 0. The van der Waals surface area contributed by atoms with Crippen molar-refractivity contribution in [1.82, 2.24) is 10.6 Å². The normalized spacial score (nSPS) is 15.9. The molecule has 0 aromatic heterocycles. The van der Waals surface area contributed by atoms with Crippen LogP contribution in [0, 0.1) is 5.41 Å². The molecule has 0 bridgehead atoms. The predicted octanol–water partition coefficient (Wildman–Crippen LogP) is 1.78. The van der Waals surface area contributed by atoms with E-state index in [1.54, 1.807) is 28.4 Å². The van der Waals surface area contributed by atoms with Gasteiger partial charge in [-0.05, 0) is 50.0 Å². The minimum absolute atomic E-state index is 0.0300. The number of benzene rings is 1. The summed E-state index contributed by atoms with van der Waals surface area (Å²) in [5.41, 5.74) is 0.996. The molecule has 1 aliphatic heterocycles. The van der Waals surface area contributed by atoms with Crippen LogP contribution in [0.1, 0.15) is 24.8 Å². The van der Waals surface area contributed by atoms with Gasteiger partial charge in [-0.15, -0.1) is 0 Å². The Morgan fingerprint density at radius 2 is 1.70 bits per heavy atom. The van der Waals surface area contributed by atoms with Crippen LogP contribution in [0.5, 0.6) is 17.2 Å². The lowest BCUT2D eigenvalue weighted by Gasteiger charge is -2.37. The van der Waals surface area contributed by atoms with E-state index in [1.807, 2.05) is 12.1 Å². The van der Waals surface area contributed by atoms with Gasteiger partial charge in [-0.25, -0.2) is 0 Å². The standard InChI is InChI=1S/C20H32N2O5/c1-24-14-20(7-9-21-10-8-20)13-22-18(23)6-5-15-11-16(25-2)19(27-4)17(12-15)26-3/h11-12,21H,5-10,13-14H2,1-4H3,(H,22,23). The Bertz CT molecular complexity index is 584. The lowest BCUT2D eigenvalue weighted by atomic mass is 9.79. The molecule has 27 heavy (non-hydrogen) atoms. The van der Waals surface area contributed by atoms with Crippen LogP contribution in [0.25, 0.3) is 0 Å². The zero-order valence-electron chi connectivity index (χ0n) is 16.9. The quantitative estimate of drug-likeness (QED) is 0.644. The maximum Gasteiger partial charge on any atom is 0.220 e. The summed E-state index contributed by atoms with van der Waals surface area (Å²) in [4.78, 5) is 12.4. The Hall–Kier alpha value is -1.99. The van der Waals surface area contributed by atoms with Crippen molar-refractivity contribution in [1.29, 1.82) is 0 Å². The van der Waals surface area contributed by atoms with Gasteiger partial charge in [0.25, 0.3) is 0 Å². The van der Waals surface area contributed by atoms with Crippen molar-refractivity contribution in [3.63, 3.8) is 0 Å². The van der Waals surface area contributed by atoms with Crippen LogP contribution in [0.3, 0.4) is 0 Å². The number of carbonyl (C=O) groups is 1. The van der Waals surface area contributed by atoms with E-state index in [1.165, 1.54) is 0 Å². The molecule has 0 atom stereocenters. The smallest absolute Gasteiger partial charge is 0.220 e. The van der Waals surface area contributed by atoms with Crippen molar-refractivity contribution in [2.45, 2.75) is 25.7 Å². The maximum atomic E-state index is 12.4. The van der Waals surface area contributed by atoms with Crippen LogP contribution in [-0.2, 0) is 16.0 Å². The van der Waals surface area contributed by atoms with Gasteiger partial charge in [0.15, 0.2) is 11.5 Å². The molecule has 1 aromatic carbocycles. The molecule has 1 aliphatic rings. The molecule has 2 rings (SSSR count). The Morgan fingerprint density at radius 3 is 2.22 bits per heavy atom. The molecule has 0 radical (unpaired) electrons. The van der Waals surface area contributed by atoms with E-state index >= 15 is 0 Å². The molecular weight excluding hydrogens is 348 g/mol. The van der Waals surface area contributed by atoms with Gasteiger partial charge in [0, 0.05) is 25.5 Å². The van der Waals surface area contributed by atoms with E-state index in [-0.39, 0.29) is 11.3 Å². The van der Waals surface area contributed by atoms with Crippen LogP contribution in [-0.4, -0.2) is 60.6 Å². The number of rotatable bonds is 10. The molecule has 0 saturated carbocycles. The zero-order valence-corrected chi connectivity index (χ0v) is 16.9. The highest BCUT2D eigenvalue weighted by atomic mass is 16.5. The lowest BCUT2D eigenvalue weighted by molar-refractivity contribution is -0.122. The van der Waals surface area contributed by atoms with Gasteiger partial charge in [0.1, 0.15) is 0 Å². The Kier molecular flexibility index (Phi) is 8.19. The summed E-state index contributed by atoms with van der Waals surface area (Å²) in [5, 5.41) is 6.46. The van der Waals surface area contributed by atoms with Gasteiger partial charge in [-0.3, -0.25) is 4.79 Å². The van der Waals surface area contributed by atoms with Crippen LogP contribution in [0.4, 0.5) is 0 Å². The first kappa shape index (κ1) is 21.3. The number of hydrogen-bond donors (Lipinski definition) is 2. The first-order valence-corrected chi connectivity index (χ1v) is 9.32. The molecule has 0 aliphatic carbocycles. The third-order valence-electron chi connectivity index (χ3n) is 5.14. The fourth-order valence-electron chi connectivity index (χ4n) is 3.55. The first-order valence-electron chi connectivity index (χ1n) is 9.32. The molecule has 1 amide bonds. The Labute approximate surface area is 161 Å². The van der Waals surface area contributed by atoms with Gasteiger partial charge in [-0.1, -0.05) is 0 Å². The molecule has 0 spiro atoms. The van der Waals surface area contributed by atoms with Crippen molar-refractivity contribution in [2.24, 2.45) is 5.41 Å². The highest BCUT2D eigenvalue weighted by molar-refractivity contribution is 5.76. The van der Waals surface area contributed by atoms with Gasteiger partial charge >= 0.3 is 0 Å². The van der Waals surface area contributed by atoms with Gasteiger partial charge in [0.05, 0.1) is 27.9 Å². The number of nitrogens with one attached hydrogen (secondary N) is 2. The van der Waals surface area contributed by atoms with Crippen molar-refractivity contribution in [2.75, 3.05) is 54.7 Å². The van der Waals surface area contributed by atoms with Crippen molar-refractivity contribution < 1.29 is 23.7 Å². The Morgan fingerprint density at radius 1 is 1.07 bits per heavy atom. The third-order valence-corrected chi connectivity index (χ3v) is 5.14. The number of ether oxygens (including phenoxy) is 4. The second kappa shape index (κ2) is 10.4. The number of aryl methyl sites for hydroxylation is 1. The van der Waals surface area contributed by atoms with Crippen molar-refractivity contribution >= 4 is 5.91 Å². The molecule has 0 unspecified atom stereocenters. The molecule has 1 saturated heterocycles. The van der Waals surface area contributed by atoms with Crippen LogP contribution in [0.2, 0.25) is 0 Å². The number of carbonyl (C=O) groups excluding carboxylic acids is 1. The Balaban J connectivity index is 1.93. The SMILES string of the molecule is COCC1(CNC(=O)CCc2cc(OC)c(OC)c(OC)c2)CCNCC1. The molecule has 2 N–H and O–H groups in total. The fraction of sp³-hybridized carbons (Fsp3) is 0.650. The highest BCUT2D eigenvalue weighted by Crippen LogP contribution is 2.38. The number of amides is 1. The van der Waals surface area contributed by atoms with Crippen molar-refractivity contribution in [3.05, 3.63) is 17.7 Å². The molecule has 7 heteroatoms. The van der Waals surface area contributed by atoms with E-state index in [0.717, 1.165) is 31.5 Å². The van der Waals surface area contributed by atoms with E-state index in [0.29, 0.717) is 43.2 Å². The third kappa shape index (κ3) is 5.74. The summed E-state index contributed by atoms with van der Waals surface area (Å²) in [6.07, 6.45) is 3.02. The average Bonchev–Trinajstić information content (AvgIpc) is 2.70. The van der Waals surface area contributed by atoms with Crippen LogP contribution < -0.4 is 24.8 Å². The minimum atomic E-state index is 0.0300. The second-order valence-electron chi connectivity index (χ2n) is 6.99. The molecule has 1 aromatic rings. The average molecular weight is 380 g/mol. The summed E-state index contributed by atoms with van der Waals surface area (Å²) < 4.78 is 21.5. The fourth-order valence-corrected chi connectivity index (χ4v) is 3.55. The molecular formula is C20H32N2O5. The van der Waals surface area contributed by atoms with Crippen LogP contribution in [0.15, 0.2) is 12.1 Å². The van der Waals surface area contributed by atoms with Gasteiger partial charge in [0.2, 0.25) is 11.7 Å². The predicted molar refractivity (Wildman–Crippen MR) is 104 cm³/mol. The molecule has 1 heterocycles. The zero-order chi connectivity index (χ0) is 19.7. The van der Waals surface area contributed by atoms with Gasteiger partial charge < -0.3 is 29.6 Å². The van der Waals surface area contributed by atoms with E-state index in [4.69, 9.17) is 18.9 Å². The summed E-state index contributed by atoms with van der Waals surface area (Å²) in [6, 6.07) is 3.77. The van der Waals surface area contributed by atoms with Gasteiger partial charge in [-0.2, -0.15) is 0 Å². The maximum absolute atomic E-state index is 12.4. The largest absolute Gasteiger partial charge is 0.493 e. The van der Waals surface area contributed by atoms with E-state index in [2.05, 4.69) is 10.6 Å². The number of piperidine rings is 1. The monoisotopic (exact) mass is 380 g/mol. The summed E-state index contributed by atoms with van der Waals surface area (Å²) in [5.74, 6) is 1.79. The topological polar surface area (TPSA) is 78.1 Å². The number of hydrogen-bond acceptors (Lipinski definition) is 6. The summed E-state index contributed by atoms with van der Waals surface area (Å²) in [7, 11) is 6.46. The molecule has 152 valence electrons. The second-order valence-corrected chi connectivity index (χ2v) is 6.99. The highest BCUT2D eigenvalue weighted by Gasteiger charge is 2.32. The van der Waals surface area contributed by atoms with E-state index in [9.17, 15) is 4.79 Å². The minimum Gasteiger partial charge on any atom is -0.493 e. The molecule has 7 nitrogen and oxygen atoms in total. The van der Waals surface area contributed by atoms with Crippen molar-refractivity contribution in [3.8, 4) is 17.2 Å². The first-order chi connectivity index (χ1) is 13.1. The lowest BCUT2D eigenvalue weighted by Crippen LogP contribution is -2.47. The van der Waals surface area contributed by atoms with E-state index < -0.39 is 0 Å². The molecule has 1 fully saturated rings. The van der Waals surface area contributed by atoms with Crippen LogP contribution >= 0.6 is 0 Å².